The van der Waals surface area contributed by atoms with E-state index in [4.69, 9.17) is 0 Å². The predicted octanol–water partition coefficient (Wildman–Crippen LogP) is 1.11. The third-order valence-corrected chi connectivity index (χ3v) is 6.34. The van der Waals surface area contributed by atoms with E-state index in [1.54, 1.807) is 0 Å². The Bertz CT molecular complexity index is 283. The zero-order chi connectivity index (χ0) is 12.6. The molecule has 0 aromatic heterocycles. The summed E-state index contributed by atoms with van der Waals surface area (Å²) < 4.78 is 0. The SMILES string of the molecule is CC1(C)CSCC(N2CCN(C3CNC3)CC2)C1. The molecule has 3 heterocycles. The average molecular weight is 269 g/mol. The molecule has 0 amide bonds. The van der Waals surface area contributed by atoms with Gasteiger partial charge in [0.05, 0.1) is 0 Å². The van der Waals surface area contributed by atoms with Crippen molar-refractivity contribution in [3.63, 3.8) is 0 Å². The lowest BCUT2D eigenvalue weighted by atomic mass is 9.87. The highest BCUT2D eigenvalue weighted by molar-refractivity contribution is 7.99. The van der Waals surface area contributed by atoms with Crippen LogP contribution < -0.4 is 5.32 Å². The molecule has 3 rings (SSSR count). The Morgan fingerprint density at radius 3 is 2.11 bits per heavy atom. The standard InChI is InChI=1S/C14H27N3S/c1-14(2)7-12(10-18-11-14)16-3-5-17(6-4-16)13-8-15-9-13/h12-13,15H,3-11H2,1-2H3. The number of thioether (sulfide) groups is 1. The fourth-order valence-electron chi connectivity index (χ4n) is 3.46. The van der Waals surface area contributed by atoms with Gasteiger partial charge in [0, 0.05) is 57.1 Å². The molecule has 3 fully saturated rings. The van der Waals surface area contributed by atoms with Crippen molar-refractivity contribution in [1.29, 1.82) is 0 Å². The van der Waals surface area contributed by atoms with Crippen molar-refractivity contribution in [2.24, 2.45) is 5.41 Å². The smallest absolute Gasteiger partial charge is 0.0346 e. The largest absolute Gasteiger partial charge is 0.314 e. The minimum absolute atomic E-state index is 0.544. The van der Waals surface area contributed by atoms with Gasteiger partial charge in [-0.2, -0.15) is 11.8 Å². The molecule has 0 aromatic rings. The van der Waals surface area contributed by atoms with Gasteiger partial charge in [-0.1, -0.05) is 13.8 Å². The minimum atomic E-state index is 0.544. The highest BCUT2D eigenvalue weighted by Gasteiger charge is 2.34. The Labute approximate surface area is 116 Å². The zero-order valence-corrected chi connectivity index (χ0v) is 12.6. The molecule has 3 nitrogen and oxygen atoms in total. The Hall–Kier alpha value is 0.230. The van der Waals surface area contributed by atoms with E-state index in [-0.39, 0.29) is 0 Å². The van der Waals surface area contributed by atoms with Crippen LogP contribution in [0.25, 0.3) is 0 Å². The van der Waals surface area contributed by atoms with Crippen molar-refractivity contribution >= 4 is 11.8 Å². The van der Waals surface area contributed by atoms with Crippen LogP contribution in [0.3, 0.4) is 0 Å². The van der Waals surface area contributed by atoms with Crippen LogP contribution >= 0.6 is 11.8 Å². The van der Waals surface area contributed by atoms with Gasteiger partial charge < -0.3 is 5.32 Å². The van der Waals surface area contributed by atoms with E-state index >= 15 is 0 Å². The molecule has 1 atom stereocenters. The maximum atomic E-state index is 3.39. The van der Waals surface area contributed by atoms with Crippen molar-refractivity contribution in [1.82, 2.24) is 15.1 Å². The Kier molecular flexibility index (Phi) is 3.90. The summed E-state index contributed by atoms with van der Waals surface area (Å²) in [6.45, 7) is 12.4. The minimum Gasteiger partial charge on any atom is -0.314 e. The normalized spacial score (nSPS) is 35.3. The first-order valence-electron chi connectivity index (χ1n) is 7.41. The number of rotatable bonds is 2. The molecule has 0 aromatic carbocycles. The molecule has 4 heteroatoms. The molecule has 0 spiro atoms. The maximum Gasteiger partial charge on any atom is 0.0346 e. The fourth-order valence-corrected chi connectivity index (χ4v) is 4.85. The summed E-state index contributed by atoms with van der Waals surface area (Å²) in [7, 11) is 0. The van der Waals surface area contributed by atoms with Crippen molar-refractivity contribution < 1.29 is 0 Å². The molecule has 0 saturated carbocycles. The van der Waals surface area contributed by atoms with Crippen molar-refractivity contribution in [2.75, 3.05) is 50.8 Å². The van der Waals surface area contributed by atoms with Crippen LogP contribution in [0.15, 0.2) is 0 Å². The van der Waals surface area contributed by atoms with Crippen LogP contribution in [0.1, 0.15) is 20.3 Å². The number of piperazine rings is 1. The van der Waals surface area contributed by atoms with E-state index in [2.05, 4.69) is 40.7 Å². The van der Waals surface area contributed by atoms with Crippen LogP contribution in [-0.2, 0) is 0 Å². The number of hydrogen-bond donors (Lipinski definition) is 1. The molecule has 3 aliphatic rings. The fraction of sp³-hybridized carbons (Fsp3) is 1.00. The highest BCUT2D eigenvalue weighted by atomic mass is 32.2. The third-order valence-electron chi connectivity index (χ3n) is 4.73. The lowest BCUT2D eigenvalue weighted by Gasteiger charge is -2.47. The summed E-state index contributed by atoms with van der Waals surface area (Å²) in [5.41, 5.74) is 0.544. The number of hydrogen-bond acceptors (Lipinski definition) is 4. The van der Waals surface area contributed by atoms with E-state index in [1.165, 1.54) is 57.2 Å². The Morgan fingerprint density at radius 1 is 1.00 bits per heavy atom. The summed E-state index contributed by atoms with van der Waals surface area (Å²) in [4.78, 5) is 5.45. The first-order valence-corrected chi connectivity index (χ1v) is 8.56. The summed E-state index contributed by atoms with van der Waals surface area (Å²) in [6, 6.07) is 1.67. The Morgan fingerprint density at radius 2 is 1.61 bits per heavy atom. The second-order valence-electron chi connectivity index (χ2n) is 6.92. The summed E-state index contributed by atoms with van der Waals surface area (Å²) in [5, 5.41) is 3.39. The van der Waals surface area contributed by atoms with Gasteiger partial charge in [0.25, 0.3) is 0 Å². The summed E-state index contributed by atoms with van der Waals surface area (Å²) >= 11 is 2.16. The monoisotopic (exact) mass is 269 g/mol. The molecule has 104 valence electrons. The van der Waals surface area contributed by atoms with Crippen molar-refractivity contribution in [2.45, 2.75) is 32.4 Å². The van der Waals surface area contributed by atoms with Gasteiger partial charge in [0.15, 0.2) is 0 Å². The van der Waals surface area contributed by atoms with E-state index < -0.39 is 0 Å². The molecule has 3 aliphatic heterocycles. The molecule has 1 N–H and O–H groups in total. The van der Waals surface area contributed by atoms with Crippen LogP contribution in [0.2, 0.25) is 0 Å². The molecule has 0 bridgehead atoms. The van der Waals surface area contributed by atoms with Crippen molar-refractivity contribution in [3.8, 4) is 0 Å². The van der Waals surface area contributed by atoms with Crippen LogP contribution in [0, 0.1) is 5.41 Å². The molecular weight excluding hydrogens is 242 g/mol. The van der Waals surface area contributed by atoms with E-state index in [9.17, 15) is 0 Å². The van der Waals surface area contributed by atoms with E-state index in [0.29, 0.717) is 5.41 Å². The topological polar surface area (TPSA) is 18.5 Å². The van der Waals surface area contributed by atoms with E-state index in [0.717, 1.165) is 12.1 Å². The summed E-state index contributed by atoms with van der Waals surface area (Å²) in [6.07, 6.45) is 1.39. The first-order chi connectivity index (χ1) is 8.64. The molecule has 18 heavy (non-hydrogen) atoms. The molecule has 0 radical (unpaired) electrons. The Balaban J connectivity index is 1.49. The van der Waals surface area contributed by atoms with Gasteiger partial charge in [-0.15, -0.1) is 0 Å². The first kappa shape index (κ1) is 13.2. The highest BCUT2D eigenvalue weighted by Crippen LogP contribution is 2.35. The maximum absolute atomic E-state index is 3.39. The molecule has 1 unspecified atom stereocenters. The van der Waals surface area contributed by atoms with Crippen LogP contribution in [0.5, 0.6) is 0 Å². The lowest BCUT2D eigenvalue weighted by molar-refractivity contribution is 0.0459. The molecular formula is C14H27N3S. The number of nitrogens with zero attached hydrogens (tertiary/aromatic N) is 2. The summed E-state index contributed by atoms with van der Waals surface area (Å²) in [5.74, 6) is 2.70. The van der Waals surface area contributed by atoms with Crippen LogP contribution in [0.4, 0.5) is 0 Å². The zero-order valence-electron chi connectivity index (χ0n) is 11.8. The van der Waals surface area contributed by atoms with Gasteiger partial charge in [0.1, 0.15) is 0 Å². The van der Waals surface area contributed by atoms with E-state index in [1.807, 2.05) is 0 Å². The quantitative estimate of drug-likeness (QED) is 0.809. The predicted molar refractivity (Wildman–Crippen MR) is 79.3 cm³/mol. The van der Waals surface area contributed by atoms with Crippen molar-refractivity contribution in [3.05, 3.63) is 0 Å². The van der Waals surface area contributed by atoms with Gasteiger partial charge >= 0.3 is 0 Å². The second kappa shape index (κ2) is 5.31. The number of nitrogens with one attached hydrogen (secondary N) is 1. The van der Waals surface area contributed by atoms with Gasteiger partial charge in [-0.25, -0.2) is 0 Å². The second-order valence-corrected chi connectivity index (χ2v) is 7.95. The lowest BCUT2D eigenvalue weighted by Crippen LogP contribution is -2.62. The molecule has 0 aliphatic carbocycles. The third kappa shape index (κ3) is 2.87. The molecule has 3 saturated heterocycles. The van der Waals surface area contributed by atoms with Gasteiger partial charge in [-0.3, -0.25) is 9.80 Å². The van der Waals surface area contributed by atoms with Crippen LogP contribution in [-0.4, -0.2) is 72.7 Å². The van der Waals surface area contributed by atoms with Gasteiger partial charge in [0.2, 0.25) is 0 Å². The van der Waals surface area contributed by atoms with Gasteiger partial charge in [-0.05, 0) is 17.6 Å². The average Bonchev–Trinajstić information content (AvgIpc) is 2.26.